The largest absolute Gasteiger partial charge is 0.481 e. The van der Waals surface area contributed by atoms with Crippen LogP contribution < -0.4 is 15.7 Å². The Balaban J connectivity index is 1.80. The van der Waals surface area contributed by atoms with Gasteiger partial charge >= 0.3 is 5.63 Å². The van der Waals surface area contributed by atoms with Gasteiger partial charge in [-0.05, 0) is 49.6 Å². The predicted molar refractivity (Wildman–Crippen MR) is 103 cm³/mol. The third-order valence-electron chi connectivity index (χ3n) is 4.43. The third-order valence-corrected chi connectivity index (χ3v) is 4.43. The van der Waals surface area contributed by atoms with Crippen molar-refractivity contribution in [2.75, 3.05) is 7.11 Å². The topological polar surface area (TPSA) is 81.4 Å². The van der Waals surface area contributed by atoms with E-state index in [1.165, 1.54) is 6.07 Å². The monoisotopic (exact) mass is 366 g/mol. The summed E-state index contributed by atoms with van der Waals surface area (Å²) in [5.74, 6) is 0.318. The van der Waals surface area contributed by atoms with Crippen LogP contribution in [0.5, 0.6) is 5.88 Å². The second-order valence-corrected chi connectivity index (χ2v) is 6.61. The van der Waals surface area contributed by atoms with Crippen LogP contribution >= 0.6 is 0 Å². The van der Waals surface area contributed by atoms with Crippen molar-refractivity contribution in [1.82, 2.24) is 10.3 Å². The molecule has 0 fully saturated rings. The van der Waals surface area contributed by atoms with E-state index in [0.29, 0.717) is 23.6 Å². The number of aryl methyl sites for hydroxylation is 3. The number of nitrogens with zero attached hydrogens (tertiary/aromatic N) is 1. The SMILES string of the molecule is COc1nc(C)cc(C)c1CNC(=O)Cc1cc(=O)oc2cc(C)ccc12. The Labute approximate surface area is 157 Å². The minimum absolute atomic E-state index is 0.0891. The van der Waals surface area contributed by atoms with Crippen molar-refractivity contribution in [3.63, 3.8) is 0 Å². The number of carbonyl (C=O) groups excluding carboxylic acids is 1. The van der Waals surface area contributed by atoms with Crippen molar-refractivity contribution in [1.29, 1.82) is 0 Å². The van der Waals surface area contributed by atoms with Gasteiger partial charge in [-0.15, -0.1) is 0 Å². The van der Waals surface area contributed by atoms with Crippen molar-refractivity contribution in [3.8, 4) is 5.88 Å². The third kappa shape index (κ3) is 4.16. The van der Waals surface area contributed by atoms with Crippen LogP contribution in [0.3, 0.4) is 0 Å². The number of rotatable bonds is 5. The van der Waals surface area contributed by atoms with Crippen LogP contribution in [0.4, 0.5) is 0 Å². The number of hydrogen-bond acceptors (Lipinski definition) is 5. The van der Waals surface area contributed by atoms with Gasteiger partial charge in [0.25, 0.3) is 0 Å². The number of carbonyl (C=O) groups is 1. The Hall–Kier alpha value is -3.15. The number of methoxy groups -OCH3 is 1. The van der Waals surface area contributed by atoms with Gasteiger partial charge in [-0.3, -0.25) is 4.79 Å². The van der Waals surface area contributed by atoms with Crippen LogP contribution in [0.1, 0.15) is 27.9 Å². The standard InChI is InChI=1S/C21H22N2O4/c1-12-5-6-16-15(10-20(25)27-18(16)7-12)9-19(24)22-11-17-13(2)8-14(3)23-21(17)26-4/h5-8,10H,9,11H2,1-4H3,(H,22,24). The van der Waals surface area contributed by atoms with Gasteiger partial charge in [0.05, 0.1) is 13.5 Å². The molecule has 2 aromatic heterocycles. The zero-order valence-corrected chi connectivity index (χ0v) is 15.9. The number of fused-ring (bicyclic) bond motifs is 1. The molecule has 140 valence electrons. The number of benzene rings is 1. The first kappa shape index (κ1) is 18.6. The molecule has 1 aromatic carbocycles. The highest BCUT2D eigenvalue weighted by Gasteiger charge is 2.13. The highest BCUT2D eigenvalue weighted by Crippen LogP contribution is 2.21. The molecule has 0 radical (unpaired) electrons. The van der Waals surface area contributed by atoms with E-state index in [2.05, 4.69) is 10.3 Å². The molecule has 1 N–H and O–H groups in total. The van der Waals surface area contributed by atoms with Crippen LogP contribution in [0.25, 0.3) is 11.0 Å². The summed E-state index contributed by atoms with van der Waals surface area (Å²) >= 11 is 0. The molecule has 3 aromatic rings. The van der Waals surface area contributed by atoms with E-state index in [9.17, 15) is 9.59 Å². The normalized spacial score (nSPS) is 10.8. The van der Waals surface area contributed by atoms with Gasteiger partial charge in [-0.1, -0.05) is 12.1 Å². The van der Waals surface area contributed by atoms with Gasteiger partial charge in [0.15, 0.2) is 0 Å². The highest BCUT2D eigenvalue weighted by molar-refractivity contribution is 5.87. The first-order valence-corrected chi connectivity index (χ1v) is 8.68. The molecule has 2 heterocycles. The summed E-state index contributed by atoms with van der Waals surface area (Å²) in [4.78, 5) is 28.6. The Morgan fingerprint density at radius 1 is 1.19 bits per heavy atom. The van der Waals surface area contributed by atoms with Gasteiger partial charge in [-0.25, -0.2) is 9.78 Å². The summed E-state index contributed by atoms with van der Waals surface area (Å²) in [7, 11) is 1.56. The summed E-state index contributed by atoms with van der Waals surface area (Å²) < 4.78 is 10.6. The van der Waals surface area contributed by atoms with Gasteiger partial charge in [-0.2, -0.15) is 0 Å². The summed E-state index contributed by atoms with van der Waals surface area (Å²) in [5, 5.41) is 3.65. The van der Waals surface area contributed by atoms with Crippen LogP contribution in [0, 0.1) is 20.8 Å². The lowest BCUT2D eigenvalue weighted by Crippen LogP contribution is -2.26. The lowest BCUT2D eigenvalue weighted by atomic mass is 10.0. The van der Waals surface area contributed by atoms with Crippen LogP contribution in [0.15, 0.2) is 39.5 Å². The molecule has 0 spiro atoms. The number of aromatic nitrogens is 1. The van der Waals surface area contributed by atoms with Crippen molar-refractivity contribution in [2.24, 2.45) is 0 Å². The second kappa shape index (κ2) is 7.61. The summed E-state index contributed by atoms with van der Waals surface area (Å²) in [5.41, 5.74) is 4.36. The second-order valence-electron chi connectivity index (χ2n) is 6.61. The predicted octanol–water partition coefficient (Wildman–Crippen LogP) is 2.98. The molecule has 0 saturated carbocycles. The Morgan fingerprint density at radius 3 is 2.70 bits per heavy atom. The molecular formula is C21H22N2O4. The van der Waals surface area contributed by atoms with E-state index in [1.807, 2.05) is 39.0 Å². The molecular weight excluding hydrogens is 344 g/mol. The van der Waals surface area contributed by atoms with Crippen LogP contribution in [-0.4, -0.2) is 18.0 Å². The Morgan fingerprint density at radius 2 is 1.96 bits per heavy atom. The minimum atomic E-state index is -0.462. The van der Waals surface area contributed by atoms with Gasteiger partial charge < -0.3 is 14.5 Å². The fourth-order valence-electron chi connectivity index (χ4n) is 3.12. The van der Waals surface area contributed by atoms with Crippen molar-refractivity contribution in [3.05, 3.63) is 68.7 Å². The molecule has 0 unspecified atom stereocenters. The summed E-state index contributed by atoms with van der Waals surface area (Å²) in [6, 6.07) is 8.91. The first-order chi connectivity index (χ1) is 12.9. The number of ether oxygens (including phenoxy) is 1. The summed E-state index contributed by atoms with van der Waals surface area (Å²) in [6.45, 7) is 6.08. The van der Waals surface area contributed by atoms with E-state index in [1.54, 1.807) is 13.2 Å². The zero-order chi connectivity index (χ0) is 19.6. The number of amides is 1. The lowest BCUT2D eigenvalue weighted by molar-refractivity contribution is -0.120. The van der Waals surface area contributed by atoms with E-state index in [0.717, 1.165) is 27.8 Å². The molecule has 0 atom stereocenters. The fraction of sp³-hybridized carbons (Fsp3) is 0.286. The molecule has 0 aliphatic carbocycles. The van der Waals surface area contributed by atoms with Gasteiger partial charge in [0.1, 0.15) is 5.58 Å². The molecule has 0 saturated heterocycles. The van der Waals surface area contributed by atoms with Crippen LogP contribution in [-0.2, 0) is 17.8 Å². The van der Waals surface area contributed by atoms with Crippen LogP contribution in [0.2, 0.25) is 0 Å². The van der Waals surface area contributed by atoms with Crippen molar-refractivity contribution in [2.45, 2.75) is 33.7 Å². The van der Waals surface area contributed by atoms with E-state index < -0.39 is 5.63 Å². The lowest BCUT2D eigenvalue weighted by Gasteiger charge is -2.13. The number of hydrogen-bond donors (Lipinski definition) is 1. The average molecular weight is 366 g/mol. The summed E-state index contributed by atoms with van der Waals surface area (Å²) in [6.07, 6.45) is 0.0891. The molecule has 0 aliphatic heterocycles. The Kier molecular flexibility index (Phi) is 5.26. The number of nitrogens with one attached hydrogen (secondary N) is 1. The Bertz CT molecular complexity index is 1070. The van der Waals surface area contributed by atoms with E-state index in [4.69, 9.17) is 9.15 Å². The molecule has 6 nitrogen and oxygen atoms in total. The highest BCUT2D eigenvalue weighted by atomic mass is 16.5. The van der Waals surface area contributed by atoms with E-state index >= 15 is 0 Å². The molecule has 0 bridgehead atoms. The smallest absolute Gasteiger partial charge is 0.336 e. The molecule has 3 rings (SSSR count). The first-order valence-electron chi connectivity index (χ1n) is 8.68. The zero-order valence-electron chi connectivity index (χ0n) is 15.9. The maximum atomic E-state index is 12.5. The van der Waals surface area contributed by atoms with Crippen molar-refractivity contribution < 1.29 is 13.9 Å². The minimum Gasteiger partial charge on any atom is -0.481 e. The van der Waals surface area contributed by atoms with Crippen molar-refractivity contribution >= 4 is 16.9 Å². The molecule has 6 heteroatoms. The average Bonchev–Trinajstić information content (AvgIpc) is 2.59. The molecule has 0 aliphatic rings. The number of pyridine rings is 1. The quantitative estimate of drug-likeness (QED) is 0.702. The van der Waals surface area contributed by atoms with Gasteiger partial charge in [0.2, 0.25) is 11.8 Å². The molecule has 1 amide bonds. The molecule has 27 heavy (non-hydrogen) atoms. The maximum absolute atomic E-state index is 12.5. The van der Waals surface area contributed by atoms with E-state index in [-0.39, 0.29) is 12.3 Å². The van der Waals surface area contributed by atoms with Gasteiger partial charge in [0, 0.05) is 29.3 Å². The fourth-order valence-corrected chi connectivity index (χ4v) is 3.12. The maximum Gasteiger partial charge on any atom is 0.336 e.